The first kappa shape index (κ1) is 9.74. The molecule has 0 atom stereocenters. The van der Waals surface area contributed by atoms with Crippen molar-refractivity contribution in [3.05, 3.63) is 35.9 Å². The Morgan fingerprint density at radius 2 is 2.00 bits per heavy atom. The fourth-order valence-electron chi connectivity index (χ4n) is 0.973. The average Bonchev–Trinajstić information content (AvgIpc) is 2.19. The second-order valence-electron chi connectivity index (χ2n) is 2.61. The standard InChI is InChI=1S/C10H12O3/c11-8-10(12)13-7-6-9-4-2-1-3-5-9/h1-5,11H,6-8H2. The number of ether oxygens (including phenoxy) is 1. The van der Waals surface area contributed by atoms with Gasteiger partial charge in [0.15, 0.2) is 0 Å². The number of carbonyl (C=O) groups excluding carboxylic acids is 1. The first-order valence-corrected chi connectivity index (χ1v) is 4.13. The lowest BCUT2D eigenvalue weighted by Gasteiger charge is -2.02. The highest BCUT2D eigenvalue weighted by Crippen LogP contribution is 1.99. The molecular formula is C10H12O3. The van der Waals surface area contributed by atoms with Gasteiger partial charge in [-0.15, -0.1) is 0 Å². The van der Waals surface area contributed by atoms with Crippen LogP contribution in [0.3, 0.4) is 0 Å². The van der Waals surface area contributed by atoms with E-state index in [2.05, 4.69) is 0 Å². The minimum Gasteiger partial charge on any atom is -0.464 e. The summed E-state index contributed by atoms with van der Waals surface area (Å²) in [6.45, 7) is -0.224. The summed E-state index contributed by atoms with van der Waals surface area (Å²) in [6.07, 6.45) is 0.687. The van der Waals surface area contributed by atoms with E-state index in [0.717, 1.165) is 5.56 Å². The number of hydrogen-bond acceptors (Lipinski definition) is 3. The van der Waals surface area contributed by atoms with Crippen LogP contribution in [0.1, 0.15) is 5.56 Å². The van der Waals surface area contributed by atoms with Crippen molar-refractivity contribution in [2.24, 2.45) is 0 Å². The average molecular weight is 180 g/mol. The van der Waals surface area contributed by atoms with Gasteiger partial charge in [-0.3, -0.25) is 0 Å². The normalized spacial score (nSPS) is 9.62. The molecule has 0 bridgehead atoms. The fraction of sp³-hybridized carbons (Fsp3) is 0.300. The van der Waals surface area contributed by atoms with E-state index in [-0.39, 0.29) is 0 Å². The Kier molecular flexibility index (Phi) is 3.99. The number of hydrogen-bond donors (Lipinski definition) is 1. The number of aliphatic hydroxyl groups is 1. The molecule has 13 heavy (non-hydrogen) atoms. The molecule has 3 heteroatoms. The Labute approximate surface area is 77.0 Å². The fourth-order valence-corrected chi connectivity index (χ4v) is 0.973. The highest BCUT2D eigenvalue weighted by molar-refractivity contribution is 5.70. The summed E-state index contributed by atoms with van der Waals surface area (Å²) in [7, 11) is 0. The Bertz CT molecular complexity index is 256. The molecule has 0 unspecified atom stereocenters. The predicted molar refractivity (Wildman–Crippen MR) is 48.2 cm³/mol. The Hall–Kier alpha value is -1.35. The number of esters is 1. The second kappa shape index (κ2) is 5.32. The SMILES string of the molecule is O=C(CO)OCCc1ccccc1. The van der Waals surface area contributed by atoms with Crippen LogP contribution in [-0.4, -0.2) is 24.3 Å². The summed E-state index contributed by atoms with van der Waals surface area (Å²) in [5, 5.41) is 8.36. The van der Waals surface area contributed by atoms with Gasteiger partial charge in [-0.05, 0) is 5.56 Å². The molecule has 0 saturated heterocycles. The van der Waals surface area contributed by atoms with E-state index < -0.39 is 12.6 Å². The van der Waals surface area contributed by atoms with E-state index in [4.69, 9.17) is 9.84 Å². The number of benzene rings is 1. The maximum absolute atomic E-state index is 10.5. The molecule has 0 saturated carbocycles. The van der Waals surface area contributed by atoms with Crippen LogP contribution in [0.4, 0.5) is 0 Å². The van der Waals surface area contributed by atoms with Crippen LogP contribution in [0.25, 0.3) is 0 Å². The number of aliphatic hydroxyl groups excluding tert-OH is 1. The molecule has 0 aromatic heterocycles. The number of rotatable bonds is 4. The highest BCUT2D eigenvalue weighted by Gasteiger charge is 1.98. The van der Waals surface area contributed by atoms with Gasteiger partial charge in [0.1, 0.15) is 6.61 Å². The van der Waals surface area contributed by atoms with E-state index >= 15 is 0 Å². The second-order valence-corrected chi connectivity index (χ2v) is 2.61. The Balaban J connectivity index is 2.24. The minimum absolute atomic E-state index is 0.323. The van der Waals surface area contributed by atoms with E-state index in [1.54, 1.807) is 0 Å². The first-order chi connectivity index (χ1) is 6.33. The molecule has 1 aromatic carbocycles. The molecular weight excluding hydrogens is 168 g/mol. The molecule has 0 amide bonds. The van der Waals surface area contributed by atoms with Crippen molar-refractivity contribution in [2.45, 2.75) is 6.42 Å². The summed E-state index contributed by atoms with van der Waals surface area (Å²) in [5.74, 6) is -0.573. The van der Waals surface area contributed by atoms with Crippen LogP contribution in [0.15, 0.2) is 30.3 Å². The lowest BCUT2D eigenvalue weighted by molar-refractivity contribution is -0.146. The molecule has 1 rings (SSSR count). The quantitative estimate of drug-likeness (QED) is 0.696. The van der Waals surface area contributed by atoms with Gasteiger partial charge >= 0.3 is 5.97 Å². The molecule has 1 aromatic rings. The van der Waals surface area contributed by atoms with E-state index in [1.165, 1.54) is 0 Å². The van der Waals surface area contributed by atoms with Gasteiger partial charge in [-0.1, -0.05) is 30.3 Å². The monoisotopic (exact) mass is 180 g/mol. The van der Waals surface area contributed by atoms with Gasteiger partial charge in [-0.25, -0.2) is 4.79 Å². The summed E-state index contributed by atoms with van der Waals surface area (Å²) < 4.78 is 4.71. The van der Waals surface area contributed by atoms with E-state index in [9.17, 15) is 4.79 Å². The van der Waals surface area contributed by atoms with Crippen LogP contribution < -0.4 is 0 Å². The zero-order chi connectivity index (χ0) is 9.52. The molecule has 0 radical (unpaired) electrons. The summed E-state index contributed by atoms with van der Waals surface area (Å²) >= 11 is 0. The van der Waals surface area contributed by atoms with Gasteiger partial charge in [0.2, 0.25) is 0 Å². The summed E-state index contributed by atoms with van der Waals surface area (Å²) in [4.78, 5) is 10.5. The lowest BCUT2D eigenvalue weighted by Crippen LogP contribution is -2.11. The van der Waals surface area contributed by atoms with Crippen LogP contribution in [0, 0.1) is 0 Å². The van der Waals surface area contributed by atoms with Crippen molar-refractivity contribution < 1.29 is 14.6 Å². The lowest BCUT2D eigenvalue weighted by atomic mass is 10.2. The van der Waals surface area contributed by atoms with Crippen LogP contribution in [-0.2, 0) is 16.0 Å². The molecule has 0 aliphatic heterocycles. The minimum atomic E-state index is -0.573. The van der Waals surface area contributed by atoms with Crippen LogP contribution in [0.5, 0.6) is 0 Å². The highest BCUT2D eigenvalue weighted by atomic mass is 16.5. The smallest absolute Gasteiger partial charge is 0.331 e. The zero-order valence-corrected chi connectivity index (χ0v) is 7.27. The third kappa shape index (κ3) is 3.71. The van der Waals surface area contributed by atoms with Crippen molar-refractivity contribution >= 4 is 5.97 Å². The van der Waals surface area contributed by atoms with Crippen LogP contribution in [0.2, 0.25) is 0 Å². The van der Waals surface area contributed by atoms with Gasteiger partial charge in [0.25, 0.3) is 0 Å². The molecule has 3 nitrogen and oxygen atoms in total. The van der Waals surface area contributed by atoms with E-state index in [1.807, 2.05) is 30.3 Å². The van der Waals surface area contributed by atoms with Gasteiger partial charge in [0, 0.05) is 6.42 Å². The van der Waals surface area contributed by atoms with E-state index in [0.29, 0.717) is 13.0 Å². The molecule has 0 aliphatic rings. The van der Waals surface area contributed by atoms with Gasteiger partial charge in [-0.2, -0.15) is 0 Å². The van der Waals surface area contributed by atoms with Crippen molar-refractivity contribution in [3.63, 3.8) is 0 Å². The van der Waals surface area contributed by atoms with Crippen molar-refractivity contribution in [1.29, 1.82) is 0 Å². The maximum Gasteiger partial charge on any atom is 0.331 e. The van der Waals surface area contributed by atoms with Crippen molar-refractivity contribution in [1.82, 2.24) is 0 Å². The van der Waals surface area contributed by atoms with Crippen molar-refractivity contribution in [3.8, 4) is 0 Å². The third-order valence-electron chi connectivity index (χ3n) is 1.63. The molecule has 0 aliphatic carbocycles. The molecule has 0 heterocycles. The van der Waals surface area contributed by atoms with Crippen molar-refractivity contribution in [2.75, 3.05) is 13.2 Å². The van der Waals surface area contributed by atoms with Gasteiger partial charge in [0.05, 0.1) is 6.61 Å². The molecule has 70 valence electrons. The van der Waals surface area contributed by atoms with Crippen LogP contribution >= 0.6 is 0 Å². The topological polar surface area (TPSA) is 46.5 Å². The van der Waals surface area contributed by atoms with Gasteiger partial charge < -0.3 is 9.84 Å². The largest absolute Gasteiger partial charge is 0.464 e. The first-order valence-electron chi connectivity index (χ1n) is 4.13. The summed E-state index contributed by atoms with van der Waals surface area (Å²) in [5.41, 5.74) is 1.12. The maximum atomic E-state index is 10.5. The molecule has 0 fully saturated rings. The molecule has 1 N–H and O–H groups in total. The predicted octanol–water partition coefficient (Wildman–Crippen LogP) is 0.765. The zero-order valence-electron chi connectivity index (χ0n) is 7.27. The summed E-state index contributed by atoms with van der Waals surface area (Å²) in [6, 6.07) is 9.73. The Morgan fingerprint density at radius 3 is 2.62 bits per heavy atom. The number of carbonyl (C=O) groups is 1. The molecule has 0 spiro atoms. The Morgan fingerprint density at radius 1 is 1.31 bits per heavy atom. The third-order valence-corrected chi connectivity index (χ3v) is 1.63.